The van der Waals surface area contributed by atoms with Crippen LogP contribution in [-0.4, -0.2) is 46.8 Å². The number of rotatable bonds is 10. The zero-order valence-corrected chi connectivity index (χ0v) is 29.1. The molecule has 0 radical (unpaired) electrons. The van der Waals surface area contributed by atoms with E-state index in [0.29, 0.717) is 36.2 Å². The van der Waals surface area contributed by atoms with E-state index in [4.69, 9.17) is 19.7 Å². The predicted octanol–water partition coefficient (Wildman–Crippen LogP) is 7.83. The molecule has 0 aromatic heterocycles. The van der Waals surface area contributed by atoms with Crippen molar-refractivity contribution >= 4 is 23.9 Å². The summed E-state index contributed by atoms with van der Waals surface area (Å²) in [6.07, 6.45) is 9.79. The zero-order chi connectivity index (χ0) is 33.9. The molecule has 0 aromatic carbocycles. The average molecular weight is 643 g/mol. The molecular weight excluding hydrogens is 584 g/mol. The van der Waals surface area contributed by atoms with Crippen molar-refractivity contribution in [3.05, 3.63) is 12.2 Å². The van der Waals surface area contributed by atoms with Gasteiger partial charge in [0.15, 0.2) is 0 Å². The first kappa shape index (κ1) is 34.9. The van der Waals surface area contributed by atoms with Crippen molar-refractivity contribution in [2.24, 2.45) is 56.7 Å². The van der Waals surface area contributed by atoms with E-state index >= 15 is 0 Å². The summed E-state index contributed by atoms with van der Waals surface area (Å²) in [5.74, 6) is -0.505. The van der Waals surface area contributed by atoms with Gasteiger partial charge in [-0.3, -0.25) is 19.2 Å². The van der Waals surface area contributed by atoms with Crippen molar-refractivity contribution in [2.75, 3.05) is 6.61 Å². The first-order valence-electron chi connectivity index (χ1n) is 17.9. The van der Waals surface area contributed by atoms with Crippen molar-refractivity contribution in [1.29, 1.82) is 0 Å². The maximum absolute atomic E-state index is 12.6. The topological polar surface area (TPSA) is 127 Å². The molecule has 10 atom stereocenters. The van der Waals surface area contributed by atoms with Crippen LogP contribution in [0.3, 0.4) is 0 Å². The molecule has 8 heteroatoms. The number of hydrogen-bond acceptors (Lipinski definition) is 6. The molecule has 0 unspecified atom stereocenters. The fourth-order valence-electron chi connectivity index (χ4n) is 12.7. The fraction of sp³-hybridized carbons (Fsp3) is 0.842. The average Bonchev–Trinajstić information content (AvgIpc) is 3.36. The Balaban J connectivity index is 1.38. The number of carboxylic acid groups (broad SMARTS) is 2. The Bertz CT molecular complexity index is 1250. The second-order valence-corrected chi connectivity index (χ2v) is 17.3. The number of carboxylic acids is 2. The summed E-state index contributed by atoms with van der Waals surface area (Å²) in [4.78, 5) is 47.3. The first-order valence-corrected chi connectivity index (χ1v) is 17.9. The van der Waals surface area contributed by atoms with Gasteiger partial charge in [-0.15, -0.1) is 0 Å². The second-order valence-electron chi connectivity index (χ2n) is 17.3. The monoisotopic (exact) mass is 642 g/mol. The van der Waals surface area contributed by atoms with E-state index in [-0.39, 0.29) is 58.9 Å². The molecule has 0 saturated heterocycles. The lowest BCUT2D eigenvalue weighted by atomic mass is 9.32. The molecule has 46 heavy (non-hydrogen) atoms. The summed E-state index contributed by atoms with van der Waals surface area (Å²) in [6.45, 7) is 19.2. The number of ether oxygens (including phenoxy) is 2. The highest BCUT2D eigenvalue weighted by atomic mass is 16.5. The van der Waals surface area contributed by atoms with Gasteiger partial charge in [0, 0.05) is 10.8 Å². The van der Waals surface area contributed by atoms with E-state index in [1.807, 2.05) is 0 Å². The minimum atomic E-state index is -0.980. The Morgan fingerprint density at radius 1 is 0.717 bits per heavy atom. The van der Waals surface area contributed by atoms with Crippen LogP contribution in [0.2, 0.25) is 0 Å². The van der Waals surface area contributed by atoms with Gasteiger partial charge in [-0.1, -0.05) is 46.8 Å². The molecule has 0 heterocycles. The van der Waals surface area contributed by atoms with E-state index in [9.17, 15) is 19.2 Å². The lowest BCUT2D eigenvalue weighted by molar-refractivity contribution is -0.252. The van der Waals surface area contributed by atoms with E-state index in [2.05, 4.69) is 48.1 Å². The third-order valence-electron chi connectivity index (χ3n) is 15.1. The summed E-state index contributed by atoms with van der Waals surface area (Å²) in [7, 11) is 0. The summed E-state index contributed by atoms with van der Waals surface area (Å²) < 4.78 is 11.9. The lowest BCUT2D eigenvalue weighted by Gasteiger charge is -2.73. The Morgan fingerprint density at radius 3 is 2.00 bits per heavy atom. The van der Waals surface area contributed by atoms with E-state index in [1.165, 1.54) is 5.57 Å². The highest BCUT2D eigenvalue weighted by molar-refractivity contribution is 5.77. The third kappa shape index (κ3) is 5.61. The van der Waals surface area contributed by atoms with Gasteiger partial charge in [0.05, 0.1) is 32.3 Å². The predicted molar refractivity (Wildman–Crippen MR) is 174 cm³/mol. The summed E-state index contributed by atoms with van der Waals surface area (Å²) in [5.41, 5.74) is 1.35. The van der Waals surface area contributed by atoms with Crippen molar-refractivity contribution in [3.63, 3.8) is 0 Å². The quantitative estimate of drug-likeness (QED) is 0.182. The minimum absolute atomic E-state index is 0.0818. The Labute approximate surface area is 275 Å². The zero-order valence-electron chi connectivity index (χ0n) is 29.1. The minimum Gasteiger partial charge on any atom is -0.481 e. The molecule has 0 aliphatic heterocycles. The van der Waals surface area contributed by atoms with Gasteiger partial charge in [0.2, 0.25) is 0 Å². The van der Waals surface area contributed by atoms with Crippen LogP contribution < -0.4 is 0 Å². The number of carbonyl (C=O) groups is 4. The Morgan fingerprint density at radius 2 is 1.37 bits per heavy atom. The summed E-state index contributed by atoms with van der Waals surface area (Å²) >= 11 is 0. The first-order chi connectivity index (χ1) is 21.4. The normalized spacial score (nSPS) is 42.4. The number of esters is 2. The Hall–Kier alpha value is -2.38. The van der Waals surface area contributed by atoms with Gasteiger partial charge >= 0.3 is 23.9 Å². The van der Waals surface area contributed by atoms with Crippen LogP contribution in [0.15, 0.2) is 12.2 Å². The highest BCUT2D eigenvalue weighted by Crippen LogP contribution is 2.77. The highest BCUT2D eigenvalue weighted by Gasteiger charge is 2.71. The number of fused-ring (bicyclic) bond motifs is 7. The molecule has 5 aliphatic rings. The maximum Gasteiger partial charge on any atom is 0.306 e. The molecule has 258 valence electrons. The molecular formula is C38H58O8. The molecule has 0 bridgehead atoms. The number of carbonyl (C=O) groups excluding carboxylic acids is 2. The van der Waals surface area contributed by atoms with Gasteiger partial charge in [-0.25, -0.2) is 0 Å². The summed E-state index contributed by atoms with van der Waals surface area (Å²) in [5, 5.41) is 18.1. The molecule has 5 aliphatic carbocycles. The molecule has 5 rings (SSSR count). The lowest BCUT2D eigenvalue weighted by Crippen LogP contribution is -2.67. The van der Waals surface area contributed by atoms with E-state index < -0.39 is 23.9 Å². The SMILES string of the molecule is C=C(C)[C@@H]1CC[C@]2(COC(=O)CCC(=O)O)CC[C@]3(C)[C@H](CC[C@@H]4[C@@]5(C)CC[C@@H](OC(=O)CCC(=O)O)C(C)(C)[C@@H]5CC[C@]43C)[C@H]12. The Kier molecular flexibility index (Phi) is 9.31. The number of hydrogen-bond donors (Lipinski definition) is 2. The molecule has 0 spiro atoms. The summed E-state index contributed by atoms with van der Waals surface area (Å²) in [6, 6.07) is 0. The van der Waals surface area contributed by atoms with Crippen molar-refractivity contribution in [1.82, 2.24) is 0 Å². The molecule has 5 fully saturated rings. The molecule has 8 nitrogen and oxygen atoms in total. The van der Waals surface area contributed by atoms with Crippen molar-refractivity contribution in [2.45, 2.75) is 138 Å². The van der Waals surface area contributed by atoms with Gasteiger partial charge in [0.1, 0.15) is 6.10 Å². The smallest absolute Gasteiger partial charge is 0.306 e. The van der Waals surface area contributed by atoms with Crippen LogP contribution in [0.1, 0.15) is 131 Å². The van der Waals surface area contributed by atoms with Gasteiger partial charge in [0.25, 0.3) is 0 Å². The fourth-order valence-corrected chi connectivity index (χ4v) is 12.7. The third-order valence-corrected chi connectivity index (χ3v) is 15.1. The molecule has 0 aromatic rings. The molecule has 5 saturated carbocycles. The van der Waals surface area contributed by atoms with Gasteiger partial charge in [-0.2, -0.15) is 0 Å². The molecule has 2 N–H and O–H groups in total. The standard InChI is InChI=1S/C38H58O8/c1-23(2)24-14-19-38(22-45-31(43)12-10-29(39)40)21-20-36(6)25(33(24)38)8-9-27-35(5)17-16-28(46-32(44)13-11-30(41)42)34(3,4)26(35)15-18-37(27,36)7/h24-28,33H,1,8-22H2,2-7H3,(H,39,40)(H,41,42)/t24-,25+,26-,27+,28+,33-,35-,36+,37+,38+/m0/s1. The van der Waals surface area contributed by atoms with Crippen LogP contribution in [0, 0.1) is 56.7 Å². The van der Waals surface area contributed by atoms with Gasteiger partial charge < -0.3 is 19.7 Å². The number of allylic oxidation sites excluding steroid dienone is 1. The van der Waals surface area contributed by atoms with Crippen molar-refractivity contribution < 1.29 is 38.9 Å². The van der Waals surface area contributed by atoms with Crippen LogP contribution >= 0.6 is 0 Å². The number of aliphatic carboxylic acids is 2. The van der Waals surface area contributed by atoms with Crippen LogP contribution in [0.5, 0.6) is 0 Å². The largest absolute Gasteiger partial charge is 0.481 e. The second kappa shape index (κ2) is 12.3. The van der Waals surface area contributed by atoms with Crippen LogP contribution in [0.4, 0.5) is 0 Å². The van der Waals surface area contributed by atoms with Crippen LogP contribution in [0.25, 0.3) is 0 Å². The maximum atomic E-state index is 12.6. The molecule has 0 amide bonds. The van der Waals surface area contributed by atoms with E-state index in [0.717, 1.165) is 64.2 Å². The van der Waals surface area contributed by atoms with E-state index in [1.54, 1.807) is 0 Å². The van der Waals surface area contributed by atoms with Gasteiger partial charge in [-0.05, 0) is 117 Å². The van der Waals surface area contributed by atoms with Crippen molar-refractivity contribution in [3.8, 4) is 0 Å². The van der Waals surface area contributed by atoms with Crippen LogP contribution in [-0.2, 0) is 28.7 Å².